The monoisotopic (exact) mass is 251 g/mol. The van der Waals surface area contributed by atoms with Gasteiger partial charge in [0.05, 0.1) is 19.8 Å². The molecule has 18 heavy (non-hydrogen) atoms. The van der Waals surface area contributed by atoms with Crippen LogP contribution in [-0.4, -0.2) is 47.5 Å². The van der Waals surface area contributed by atoms with Crippen molar-refractivity contribution >= 4 is 6.09 Å². The maximum Gasteiger partial charge on any atom is 0.407 e. The summed E-state index contributed by atoms with van der Waals surface area (Å²) in [6.45, 7) is 0.320. The van der Waals surface area contributed by atoms with E-state index in [0.29, 0.717) is 6.54 Å². The molecular weight excluding hydrogens is 234 g/mol. The predicted molar refractivity (Wildman–Crippen MR) is 66.0 cm³/mol. The Morgan fingerprint density at radius 3 is 2.61 bits per heavy atom. The van der Waals surface area contributed by atoms with E-state index in [-0.39, 0.29) is 18.6 Å². The van der Waals surface area contributed by atoms with Gasteiger partial charge in [-0.2, -0.15) is 0 Å². The fourth-order valence-corrected chi connectivity index (χ4v) is 2.56. The number of benzene rings is 1. The number of amides is 1. The van der Waals surface area contributed by atoms with E-state index < -0.39 is 6.09 Å². The molecule has 0 bridgehead atoms. The molecule has 1 aromatic carbocycles. The Labute approximate surface area is 106 Å². The van der Waals surface area contributed by atoms with Crippen molar-refractivity contribution in [3.8, 4) is 5.75 Å². The van der Waals surface area contributed by atoms with Gasteiger partial charge in [0.2, 0.25) is 0 Å². The van der Waals surface area contributed by atoms with Gasteiger partial charge in [0, 0.05) is 12.5 Å². The van der Waals surface area contributed by atoms with Crippen LogP contribution in [0.1, 0.15) is 17.9 Å². The zero-order chi connectivity index (χ0) is 13.1. The third kappa shape index (κ3) is 2.26. The minimum absolute atomic E-state index is 0.0528. The molecular formula is C13H17NO4. The third-order valence-electron chi connectivity index (χ3n) is 3.52. The molecule has 2 unspecified atom stereocenters. The van der Waals surface area contributed by atoms with Crippen molar-refractivity contribution in [2.75, 3.05) is 20.3 Å². The van der Waals surface area contributed by atoms with E-state index in [1.165, 1.54) is 4.90 Å². The Kier molecular flexibility index (Phi) is 3.72. The van der Waals surface area contributed by atoms with E-state index in [0.717, 1.165) is 17.7 Å². The Hall–Kier alpha value is -1.75. The lowest BCUT2D eigenvalue weighted by Gasteiger charge is -2.24. The molecule has 1 aliphatic rings. The van der Waals surface area contributed by atoms with Crippen LogP contribution in [0.2, 0.25) is 0 Å². The summed E-state index contributed by atoms with van der Waals surface area (Å²) in [5, 5.41) is 18.4. The molecule has 2 atom stereocenters. The first-order valence-corrected chi connectivity index (χ1v) is 5.91. The Balaban J connectivity index is 2.19. The summed E-state index contributed by atoms with van der Waals surface area (Å²) in [5.41, 5.74) is 1.04. The van der Waals surface area contributed by atoms with Gasteiger partial charge in [-0.3, -0.25) is 0 Å². The standard InChI is InChI=1S/C13H17NO4/c1-18-10-4-2-9(3-5-10)11-6-7-14(13(16)17)12(11)8-15/h2-5,11-12,15H,6-8H2,1H3,(H,16,17). The van der Waals surface area contributed by atoms with Crippen LogP contribution >= 0.6 is 0 Å². The van der Waals surface area contributed by atoms with E-state index in [2.05, 4.69) is 0 Å². The van der Waals surface area contributed by atoms with Crippen LogP contribution < -0.4 is 4.74 Å². The molecule has 1 amide bonds. The normalized spacial score (nSPS) is 23.1. The largest absolute Gasteiger partial charge is 0.497 e. The second kappa shape index (κ2) is 5.27. The Bertz CT molecular complexity index is 418. The molecule has 2 rings (SSSR count). The second-order valence-corrected chi connectivity index (χ2v) is 4.39. The Morgan fingerprint density at radius 1 is 1.44 bits per heavy atom. The van der Waals surface area contributed by atoms with Crippen molar-refractivity contribution in [2.24, 2.45) is 0 Å². The van der Waals surface area contributed by atoms with Crippen molar-refractivity contribution in [2.45, 2.75) is 18.4 Å². The third-order valence-corrected chi connectivity index (χ3v) is 3.52. The molecule has 0 spiro atoms. The van der Waals surface area contributed by atoms with Crippen LogP contribution in [0.25, 0.3) is 0 Å². The van der Waals surface area contributed by atoms with Crippen LogP contribution in [0.15, 0.2) is 24.3 Å². The number of hydrogen-bond acceptors (Lipinski definition) is 3. The van der Waals surface area contributed by atoms with Crippen LogP contribution in [0.4, 0.5) is 4.79 Å². The molecule has 5 nitrogen and oxygen atoms in total. The summed E-state index contributed by atoms with van der Waals surface area (Å²) in [6.07, 6.45) is -0.228. The summed E-state index contributed by atoms with van der Waals surface area (Å²) in [5.74, 6) is 0.824. The van der Waals surface area contributed by atoms with E-state index in [1.54, 1.807) is 7.11 Å². The minimum atomic E-state index is -0.968. The fraction of sp³-hybridized carbons (Fsp3) is 0.462. The van der Waals surface area contributed by atoms with Gasteiger partial charge in [-0.25, -0.2) is 4.79 Å². The van der Waals surface area contributed by atoms with Crippen molar-refractivity contribution in [1.29, 1.82) is 0 Å². The maximum absolute atomic E-state index is 11.0. The SMILES string of the molecule is COc1ccc(C2CCN(C(=O)O)C2CO)cc1. The number of ether oxygens (including phenoxy) is 1. The van der Waals surface area contributed by atoms with Gasteiger partial charge in [0.15, 0.2) is 0 Å². The first kappa shape index (κ1) is 12.7. The molecule has 0 aromatic heterocycles. The smallest absolute Gasteiger partial charge is 0.407 e. The number of aliphatic hydroxyl groups excluding tert-OH is 1. The van der Waals surface area contributed by atoms with Gasteiger partial charge in [-0.05, 0) is 24.1 Å². The molecule has 1 aromatic rings. The topological polar surface area (TPSA) is 70.0 Å². The highest BCUT2D eigenvalue weighted by molar-refractivity contribution is 5.66. The molecule has 0 aliphatic carbocycles. The summed E-state index contributed by atoms with van der Waals surface area (Å²) in [4.78, 5) is 12.4. The molecule has 2 N–H and O–H groups in total. The summed E-state index contributed by atoms with van der Waals surface area (Å²) < 4.78 is 5.09. The van der Waals surface area contributed by atoms with Crippen LogP contribution in [0, 0.1) is 0 Å². The number of hydrogen-bond donors (Lipinski definition) is 2. The number of rotatable bonds is 3. The molecule has 5 heteroatoms. The van der Waals surface area contributed by atoms with Crippen molar-refractivity contribution in [1.82, 2.24) is 4.90 Å². The lowest BCUT2D eigenvalue weighted by molar-refractivity contribution is 0.114. The molecule has 0 saturated carbocycles. The fourth-order valence-electron chi connectivity index (χ4n) is 2.56. The number of likely N-dealkylation sites (tertiary alicyclic amines) is 1. The number of carbonyl (C=O) groups is 1. The van der Waals surface area contributed by atoms with E-state index in [1.807, 2.05) is 24.3 Å². The van der Waals surface area contributed by atoms with E-state index >= 15 is 0 Å². The molecule has 1 fully saturated rings. The maximum atomic E-state index is 11.0. The van der Waals surface area contributed by atoms with Gasteiger partial charge in [0.25, 0.3) is 0 Å². The van der Waals surface area contributed by atoms with E-state index in [4.69, 9.17) is 9.84 Å². The zero-order valence-electron chi connectivity index (χ0n) is 10.2. The number of methoxy groups -OCH3 is 1. The van der Waals surface area contributed by atoms with Crippen LogP contribution in [0.3, 0.4) is 0 Å². The highest BCUT2D eigenvalue weighted by Crippen LogP contribution is 2.34. The summed E-state index contributed by atoms with van der Waals surface area (Å²) >= 11 is 0. The minimum Gasteiger partial charge on any atom is -0.497 e. The van der Waals surface area contributed by atoms with Crippen LogP contribution in [0.5, 0.6) is 5.75 Å². The highest BCUT2D eigenvalue weighted by Gasteiger charge is 2.37. The van der Waals surface area contributed by atoms with Gasteiger partial charge < -0.3 is 19.8 Å². The predicted octanol–water partition coefficient (Wildman–Crippen LogP) is 1.52. The lowest BCUT2D eigenvalue weighted by Crippen LogP contribution is -2.38. The Morgan fingerprint density at radius 2 is 2.11 bits per heavy atom. The van der Waals surface area contributed by atoms with Gasteiger partial charge in [-0.15, -0.1) is 0 Å². The molecule has 0 radical (unpaired) electrons. The van der Waals surface area contributed by atoms with Crippen molar-refractivity contribution in [3.05, 3.63) is 29.8 Å². The first-order chi connectivity index (χ1) is 8.67. The van der Waals surface area contributed by atoms with Crippen molar-refractivity contribution in [3.63, 3.8) is 0 Å². The second-order valence-electron chi connectivity index (χ2n) is 4.39. The van der Waals surface area contributed by atoms with Crippen molar-refractivity contribution < 1.29 is 19.7 Å². The van der Waals surface area contributed by atoms with Gasteiger partial charge >= 0.3 is 6.09 Å². The molecule has 1 aliphatic heterocycles. The number of nitrogens with zero attached hydrogens (tertiary/aromatic N) is 1. The zero-order valence-corrected chi connectivity index (χ0v) is 10.2. The van der Waals surface area contributed by atoms with Gasteiger partial charge in [0.1, 0.15) is 5.75 Å². The number of carboxylic acid groups (broad SMARTS) is 1. The van der Waals surface area contributed by atoms with Gasteiger partial charge in [-0.1, -0.05) is 12.1 Å². The average Bonchev–Trinajstić information content (AvgIpc) is 2.82. The lowest BCUT2D eigenvalue weighted by atomic mass is 9.92. The first-order valence-electron chi connectivity index (χ1n) is 5.91. The highest BCUT2D eigenvalue weighted by atomic mass is 16.5. The average molecular weight is 251 g/mol. The molecule has 1 heterocycles. The quantitative estimate of drug-likeness (QED) is 0.854. The number of aliphatic hydroxyl groups is 1. The molecule has 1 saturated heterocycles. The van der Waals surface area contributed by atoms with E-state index in [9.17, 15) is 9.90 Å². The summed E-state index contributed by atoms with van der Waals surface area (Å²) in [6, 6.07) is 7.21. The molecule has 98 valence electrons. The summed E-state index contributed by atoms with van der Waals surface area (Å²) in [7, 11) is 1.60. The van der Waals surface area contributed by atoms with Crippen LogP contribution in [-0.2, 0) is 0 Å².